The molecular formula is C10H16N3O8P. The van der Waals surface area contributed by atoms with Gasteiger partial charge < -0.3 is 35.2 Å². The average Bonchev–Trinajstić information content (AvgIpc) is 2.73. The molecule has 1 unspecified atom stereocenters. The highest BCUT2D eigenvalue weighted by atomic mass is 31.2. The lowest BCUT2D eigenvalue weighted by Crippen LogP contribution is -2.40. The third kappa shape index (κ3) is 3.06. The van der Waals surface area contributed by atoms with E-state index in [1.54, 1.807) is 0 Å². The van der Waals surface area contributed by atoms with Gasteiger partial charge in [-0.3, -0.25) is 9.13 Å². The van der Waals surface area contributed by atoms with Gasteiger partial charge in [0, 0.05) is 13.3 Å². The highest BCUT2D eigenvalue weighted by Crippen LogP contribution is 2.46. The number of ether oxygens (including phenoxy) is 2. The summed E-state index contributed by atoms with van der Waals surface area (Å²) in [6, 6.07) is 1.30. The topological polar surface area (TPSA) is 177 Å². The molecule has 0 saturated carbocycles. The van der Waals surface area contributed by atoms with Crippen molar-refractivity contribution in [3.63, 3.8) is 0 Å². The Morgan fingerprint density at radius 1 is 1.55 bits per heavy atom. The summed E-state index contributed by atoms with van der Waals surface area (Å²) in [4.78, 5) is 33.3. The standard InChI is InChI=1S/C10H16N3O8P/c1-20-6-5(14)7(9(15)22(17,18)19)21-8(6)13-3-2-4(11)12-10(13)16/h2-3,5-9,14-15H,1H3,(H2,11,12,16)(H2,17,18,19)/t5-,6+,7-,8+,9?/m0/s1. The first-order chi connectivity index (χ1) is 10.2. The van der Waals surface area contributed by atoms with Gasteiger partial charge in [0.05, 0.1) is 0 Å². The van der Waals surface area contributed by atoms with Crippen molar-refractivity contribution in [2.45, 2.75) is 30.4 Å². The van der Waals surface area contributed by atoms with Crippen LogP contribution in [0.25, 0.3) is 0 Å². The molecule has 1 aliphatic heterocycles. The predicted molar refractivity (Wildman–Crippen MR) is 71.7 cm³/mol. The highest BCUT2D eigenvalue weighted by molar-refractivity contribution is 7.52. The number of nitrogens with two attached hydrogens (primary N) is 1. The molecule has 1 aromatic rings. The van der Waals surface area contributed by atoms with Gasteiger partial charge in [-0.05, 0) is 6.07 Å². The lowest BCUT2D eigenvalue weighted by atomic mass is 10.1. The van der Waals surface area contributed by atoms with Crippen LogP contribution in [0.3, 0.4) is 0 Å². The Labute approximate surface area is 124 Å². The van der Waals surface area contributed by atoms with E-state index in [2.05, 4.69) is 4.98 Å². The first-order valence-electron chi connectivity index (χ1n) is 6.11. The maximum absolute atomic E-state index is 11.8. The number of aliphatic hydroxyl groups is 2. The number of hydrogen-bond donors (Lipinski definition) is 5. The van der Waals surface area contributed by atoms with Crippen LogP contribution in [0, 0.1) is 0 Å². The SMILES string of the molecule is CO[C@@H]1[C@H](O)[C@@H](C(O)P(=O)(O)O)O[C@H]1n1ccc(N)nc1=O. The van der Waals surface area contributed by atoms with Crippen molar-refractivity contribution in [3.05, 3.63) is 22.7 Å². The summed E-state index contributed by atoms with van der Waals surface area (Å²) in [7, 11) is -3.71. The zero-order valence-electron chi connectivity index (χ0n) is 11.4. The van der Waals surface area contributed by atoms with Crippen LogP contribution < -0.4 is 11.4 Å². The van der Waals surface area contributed by atoms with Crippen molar-refractivity contribution < 1.29 is 34.0 Å². The summed E-state index contributed by atoms with van der Waals surface area (Å²) in [5, 5.41) is 19.7. The van der Waals surface area contributed by atoms with Gasteiger partial charge in [-0.25, -0.2) is 4.79 Å². The fourth-order valence-corrected chi connectivity index (χ4v) is 2.84. The van der Waals surface area contributed by atoms with E-state index in [1.165, 1.54) is 19.4 Å². The monoisotopic (exact) mass is 337 g/mol. The Kier molecular flexibility index (Phi) is 4.68. The molecular weight excluding hydrogens is 321 g/mol. The minimum Gasteiger partial charge on any atom is -0.387 e. The molecule has 0 aliphatic carbocycles. The van der Waals surface area contributed by atoms with Gasteiger partial charge >= 0.3 is 13.3 Å². The van der Waals surface area contributed by atoms with E-state index < -0.39 is 43.7 Å². The molecule has 0 bridgehead atoms. The highest BCUT2D eigenvalue weighted by Gasteiger charge is 2.52. The normalized spacial score (nSPS) is 30.4. The molecule has 0 spiro atoms. The van der Waals surface area contributed by atoms with Crippen LogP contribution in [0.15, 0.2) is 17.1 Å². The fourth-order valence-electron chi connectivity index (χ4n) is 2.21. The maximum Gasteiger partial charge on any atom is 0.356 e. The molecule has 11 nitrogen and oxygen atoms in total. The number of anilines is 1. The molecule has 1 aliphatic rings. The molecule has 124 valence electrons. The molecule has 6 N–H and O–H groups in total. The van der Waals surface area contributed by atoms with Gasteiger partial charge in [-0.1, -0.05) is 0 Å². The summed E-state index contributed by atoms with van der Waals surface area (Å²) in [6.07, 6.45) is -4.34. The molecule has 1 saturated heterocycles. The minimum atomic E-state index is -4.93. The van der Waals surface area contributed by atoms with Crippen LogP contribution in [0.5, 0.6) is 0 Å². The quantitative estimate of drug-likeness (QED) is 0.372. The molecule has 0 aromatic carbocycles. The van der Waals surface area contributed by atoms with E-state index in [0.29, 0.717) is 0 Å². The van der Waals surface area contributed by atoms with E-state index in [4.69, 9.17) is 25.0 Å². The van der Waals surface area contributed by atoms with Crippen LogP contribution in [0.2, 0.25) is 0 Å². The van der Waals surface area contributed by atoms with Gasteiger partial charge in [-0.15, -0.1) is 0 Å². The Morgan fingerprint density at radius 2 is 2.18 bits per heavy atom. The van der Waals surface area contributed by atoms with Crippen LogP contribution in [0.4, 0.5) is 5.82 Å². The second kappa shape index (κ2) is 6.05. The number of aliphatic hydroxyl groups excluding tert-OH is 2. The molecule has 5 atom stereocenters. The molecule has 1 fully saturated rings. The van der Waals surface area contributed by atoms with Crippen molar-refractivity contribution in [2.24, 2.45) is 0 Å². The lowest BCUT2D eigenvalue weighted by molar-refractivity contribution is -0.0731. The third-order valence-corrected chi connectivity index (χ3v) is 4.27. The molecule has 12 heteroatoms. The average molecular weight is 337 g/mol. The molecule has 22 heavy (non-hydrogen) atoms. The van der Waals surface area contributed by atoms with E-state index in [1.807, 2.05) is 0 Å². The van der Waals surface area contributed by atoms with Gasteiger partial charge in [0.2, 0.25) is 0 Å². The van der Waals surface area contributed by atoms with Gasteiger partial charge in [0.15, 0.2) is 12.1 Å². The second-order valence-corrected chi connectivity index (χ2v) is 6.43. The lowest BCUT2D eigenvalue weighted by Gasteiger charge is -2.21. The van der Waals surface area contributed by atoms with Crippen LogP contribution in [-0.2, 0) is 14.0 Å². The number of methoxy groups -OCH3 is 1. The van der Waals surface area contributed by atoms with Gasteiger partial charge in [0.25, 0.3) is 0 Å². The number of nitrogen functional groups attached to an aromatic ring is 1. The number of nitrogens with zero attached hydrogens (tertiary/aromatic N) is 2. The van der Waals surface area contributed by atoms with Crippen LogP contribution in [-0.4, -0.2) is 60.8 Å². The Morgan fingerprint density at radius 3 is 2.68 bits per heavy atom. The van der Waals surface area contributed by atoms with E-state index in [0.717, 1.165) is 4.57 Å². The van der Waals surface area contributed by atoms with Crippen molar-refractivity contribution in [2.75, 3.05) is 12.8 Å². The summed E-state index contributed by atoms with van der Waals surface area (Å²) < 4.78 is 22.3. The number of rotatable bonds is 4. The molecule has 1 aromatic heterocycles. The fraction of sp³-hybridized carbons (Fsp3) is 0.600. The smallest absolute Gasteiger partial charge is 0.356 e. The van der Waals surface area contributed by atoms with E-state index in [9.17, 15) is 19.6 Å². The third-order valence-electron chi connectivity index (χ3n) is 3.29. The Hall–Kier alpha value is -1.33. The summed E-state index contributed by atoms with van der Waals surface area (Å²) in [5.74, 6) is -2.29. The minimum absolute atomic E-state index is 0.0273. The van der Waals surface area contributed by atoms with E-state index >= 15 is 0 Å². The summed E-state index contributed by atoms with van der Waals surface area (Å²) in [5.41, 5.74) is 4.56. The van der Waals surface area contributed by atoms with Crippen molar-refractivity contribution >= 4 is 13.4 Å². The zero-order chi connectivity index (χ0) is 16.7. The zero-order valence-corrected chi connectivity index (χ0v) is 12.3. The van der Waals surface area contributed by atoms with Gasteiger partial charge in [-0.2, -0.15) is 4.98 Å². The van der Waals surface area contributed by atoms with Crippen LogP contribution >= 0.6 is 7.60 Å². The molecule has 0 amide bonds. The first kappa shape index (κ1) is 17.0. The Balaban J connectivity index is 2.37. The molecule has 2 heterocycles. The molecule has 0 radical (unpaired) electrons. The summed E-state index contributed by atoms with van der Waals surface area (Å²) >= 11 is 0. The summed E-state index contributed by atoms with van der Waals surface area (Å²) in [6.45, 7) is 0. The number of hydrogen-bond acceptors (Lipinski definition) is 8. The Bertz CT molecular complexity index is 645. The second-order valence-electron chi connectivity index (χ2n) is 4.73. The maximum atomic E-state index is 11.8. The van der Waals surface area contributed by atoms with Crippen molar-refractivity contribution in [1.82, 2.24) is 9.55 Å². The van der Waals surface area contributed by atoms with Crippen molar-refractivity contribution in [1.29, 1.82) is 0 Å². The predicted octanol–water partition coefficient (Wildman–Crippen LogP) is -2.41. The molecule has 2 rings (SSSR count). The van der Waals surface area contributed by atoms with Crippen LogP contribution in [0.1, 0.15) is 6.23 Å². The van der Waals surface area contributed by atoms with E-state index in [-0.39, 0.29) is 5.82 Å². The largest absolute Gasteiger partial charge is 0.387 e. The first-order valence-corrected chi connectivity index (χ1v) is 7.79. The van der Waals surface area contributed by atoms with Crippen molar-refractivity contribution in [3.8, 4) is 0 Å². The van der Waals surface area contributed by atoms with Gasteiger partial charge in [0.1, 0.15) is 24.1 Å². The number of aromatic nitrogens is 2.